The van der Waals surface area contributed by atoms with Gasteiger partial charge in [-0.25, -0.2) is 0 Å². The molecular formula is C9H18N2O3. The molecule has 14 heavy (non-hydrogen) atoms. The first-order chi connectivity index (χ1) is 6.65. The van der Waals surface area contributed by atoms with Crippen LogP contribution in [-0.2, 0) is 9.53 Å². The van der Waals surface area contributed by atoms with Crippen LogP contribution in [0.15, 0.2) is 0 Å². The van der Waals surface area contributed by atoms with E-state index in [4.69, 9.17) is 9.84 Å². The molecule has 0 aromatic heterocycles. The van der Waals surface area contributed by atoms with Gasteiger partial charge in [-0.2, -0.15) is 0 Å². The number of morpholine rings is 1. The van der Waals surface area contributed by atoms with Crippen LogP contribution in [0.1, 0.15) is 0 Å². The van der Waals surface area contributed by atoms with Crippen LogP contribution in [-0.4, -0.2) is 73.9 Å². The van der Waals surface area contributed by atoms with Crippen molar-refractivity contribution in [2.75, 3.05) is 46.9 Å². The molecule has 0 radical (unpaired) electrons. The first-order valence-electron chi connectivity index (χ1n) is 4.81. The zero-order valence-electron chi connectivity index (χ0n) is 8.77. The van der Waals surface area contributed by atoms with Crippen molar-refractivity contribution in [3.63, 3.8) is 0 Å². The van der Waals surface area contributed by atoms with E-state index in [1.54, 1.807) is 7.05 Å². The van der Waals surface area contributed by atoms with E-state index in [2.05, 4.69) is 4.90 Å². The molecule has 5 heteroatoms. The van der Waals surface area contributed by atoms with Crippen LogP contribution in [0.2, 0.25) is 0 Å². The summed E-state index contributed by atoms with van der Waals surface area (Å²) < 4.78 is 5.36. The summed E-state index contributed by atoms with van der Waals surface area (Å²) >= 11 is 0. The second-order valence-corrected chi connectivity index (χ2v) is 3.61. The molecule has 1 rings (SSSR count). The van der Waals surface area contributed by atoms with Gasteiger partial charge in [0.05, 0.1) is 13.2 Å². The van der Waals surface area contributed by atoms with Gasteiger partial charge in [-0.1, -0.05) is 0 Å². The van der Waals surface area contributed by atoms with Crippen LogP contribution < -0.4 is 0 Å². The van der Waals surface area contributed by atoms with Gasteiger partial charge in [-0.3, -0.25) is 4.79 Å². The van der Waals surface area contributed by atoms with E-state index < -0.39 is 0 Å². The number of carbonyl (C=O) groups is 1. The van der Waals surface area contributed by atoms with E-state index in [9.17, 15) is 4.79 Å². The van der Waals surface area contributed by atoms with Crippen molar-refractivity contribution in [2.24, 2.45) is 0 Å². The van der Waals surface area contributed by atoms with Crippen LogP contribution in [0.4, 0.5) is 0 Å². The Hall–Kier alpha value is -0.650. The topological polar surface area (TPSA) is 53.0 Å². The lowest BCUT2D eigenvalue weighted by Gasteiger charge is -2.31. The predicted molar refractivity (Wildman–Crippen MR) is 52.0 cm³/mol. The Balaban J connectivity index is 2.42. The minimum Gasteiger partial charge on any atom is -0.395 e. The molecule has 1 fully saturated rings. The molecule has 1 heterocycles. The highest BCUT2D eigenvalue weighted by Crippen LogP contribution is 2.05. The highest BCUT2D eigenvalue weighted by Gasteiger charge is 2.26. The minimum atomic E-state index is -0.370. The monoisotopic (exact) mass is 202 g/mol. The molecule has 0 spiro atoms. The number of aliphatic hydroxyl groups is 1. The van der Waals surface area contributed by atoms with Crippen LogP contribution in [0.3, 0.4) is 0 Å². The Morgan fingerprint density at radius 1 is 1.71 bits per heavy atom. The Bertz CT molecular complexity index is 198. The van der Waals surface area contributed by atoms with Crippen molar-refractivity contribution < 1.29 is 14.6 Å². The molecule has 0 aliphatic carbocycles. The molecule has 1 unspecified atom stereocenters. The van der Waals surface area contributed by atoms with Crippen LogP contribution in [0, 0.1) is 0 Å². The smallest absolute Gasteiger partial charge is 0.252 e. The zero-order valence-corrected chi connectivity index (χ0v) is 8.77. The van der Waals surface area contributed by atoms with E-state index >= 15 is 0 Å². The maximum Gasteiger partial charge on any atom is 0.252 e. The number of hydrogen-bond donors (Lipinski definition) is 1. The van der Waals surface area contributed by atoms with Gasteiger partial charge in [0, 0.05) is 26.7 Å². The van der Waals surface area contributed by atoms with Crippen molar-refractivity contribution in [3.8, 4) is 0 Å². The summed E-state index contributed by atoms with van der Waals surface area (Å²) in [5, 5.41) is 8.69. The van der Waals surface area contributed by atoms with E-state index in [0.717, 1.165) is 6.54 Å². The highest BCUT2D eigenvalue weighted by molar-refractivity contribution is 5.81. The lowest BCUT2D eigenvalue weighted by atomic mass is 10.2. The van der Waals surface area contributed by atoms with Crippen molar-refractivity contribution in [2.45, 2.75) is 6.10 Å². The molecule has 1 N–H and O–H groups in total. The fourth-order valence-corrected chi connectivity index (χ4v) is 1.43. The third kappa shape index (κ3) is 2.94. The van der Waals surface area contributed by atoms with E-state index in [1.165, 1.54) is 4.90 Å². The summed E-state index contributed by atoms with van der Waals surface area (Å²) in [5.74, 6) is -0.0504. The molecule has 1 aliphatic heterocycles. The number of carbonyl (C=O) groups excluding carboxylic acids is 1. The average molecular weight is 202 g/mol. The molecule has 1 aliphatic rings. The van der Waals surface area contributed by atoms with Crippen LogP contribution in [0.5, 0.6) is 0 Å². The Labute approximate surface area is 84.2 Å². The lowest BCUT2D eigenvalue weighted by molar-refractivity contribution is -0.147. The number of amides is 1. The first kappa shape index (κ1) is 11.4. The summed E-state index contributed by atoms with van der Waals surface area (Å²) in [5.41, 5.74) is 0. The van der Waals surface area contributed by atoms with E-state index in [-0.39, 0.29) is 18.6 Å². The van der Waals surface area contributed by atoms with E-state index in [1.807, 2.05) is 7.05 Å². The maximum atomic E-state index is 11.7. The molecule has 82 valence electrons. The lowest BCUT2D eigenvalue weighted by Crippen LogP contribution is -2.49. The molecule has 0 bridgehead atoms. The molecule has 1 atom stereocenters. The molecule has 0 saturated carbocycles. The minimum absolute atomic E-state index is 0.00913. The fraction of sp³-hybridized carbons (Fsp3) is 0.889. The quantitative estimate of drug-likeness (QED) is 0.622. The summed E-state index contributed by atoms with van der Waals surface area (Å²) in [4.78, 5) is 15.3. The molecular weight excluding hydrogens is 184 g/mol. The van der Waals surface area contributed by atoms with Gasteiger partial charge in [0.1, 0.15) is 6.10 Å². The number of likely N-dealkylation sites (N-methyl/N-ethyl adjacent to an activating group) is 2. The normalized spacial score (nSPS) is 23.5. The molecule has 1 amide bonds. The summed E-state index contributed by atoms with van der Waals surface area (Å²) in [6.07, 6.45) is -0.370. The number of aliphatic hydroxyl groups excluding tert-OH is 1. The van der Waals surface area contributed by atoms with Crippen LogP contribution in [0.25, 0.3) is 0 Å². The Morgan fingerprint density at radius 3 is 3.00 bits per heavy atom. The first-order valence-corrected chi connectivity index (χ1v) is 4.81. The van der Waals surface area contributed by atoms with Crippen molar-refractivity contribution in [1.29, 1.82) is 0 Å². The number of hydrogen-bond acceptors (Lipinski definition) is 4. The van der Waals surface area contributed by atoms with Gasteiger partial charge in [-0.05, 0) is 7.05 Å². The third-order valence-electron chi connectivity index (χ3n) is 2.36. The second kappa shape index (κ2) is 5.29. The van der Waals surface area contributed by atoms with Crippen molar-refractivity contribution in [1.82, 2.24) is 9.80 Å². The highest BCUT2D eigenvalue weighted by atomic mass is 16.5. The molecule has 5 nitrogen and oxygen atoms in total. The SMILES string of the molecule is CN1CCOC(C(=O)N(C)CCO)C1. The van der Waals surface area contributed by atoms with Crippen molar-refractivity contribution in [3.05, 3.63) is 0 Å². The van der Waals surface area contributed by atoms with Crippen molar-refractivity contribution >= 4 is 5.91 Å². The van der Waals surface area contributed by atoms with Gasteiger partial charge in [0.25, 0.3) is 5.91 Å². The average Bonchev–Trinajstić information content (AvgIpc) is 2.17. The van der Waals surface area contributed by atoms with Gasteiger partial charge < -0.3 is 19.6 Å². The molecule has 0 aromatic rings. The summed E-state index contributed by atoms with van der Waals surface area (Å²) in [6.45, 7) is 2.45. The maximum absolute atomic E-state index is 11.7. The van der Waals surface area contributed by atoms with Gasteiger partial charge in [-0.15, -0.1) is 0 Å². The zero-order chi connectivity index (χ0) is 10.6. The third-order valence-corrected chi connectivity index (χ3v) is 2.36. The largest absolute Gasteiger partial charge is 0.395 e. The second-order valence-electron chi connectivity index (χ2n) is 3.61. The number of ether oxygens (including phenoxy) is 1. The Kier molecular flexibility index (Phi) is 4.31. The molecule has 1 saturated heterocycles. The number of nitrogens with zero attached hydrogens (tertiary/aromatic N) is 2. The van der Waals surface area contributed by atoms with Gasteiger partial charge in [0.2, 0.25) is 0 Å². The standard InChI is InChI=1S/C9H18N2O3/c1-10-4-6-14-8(7-10)9(13)11(2)3-5-12/h8,12H,3-7H2,1-2H3. The number of rotatable bonds is 3. The van der Waals surface area contributed by atoms with Gasteiger partial charge in [0.15, 0.2) is 0 Å². The molecule has 0 aromatic carbocycles. The van der Waals surface area contributed by atoms with Gasteiger partial charge >= 0.3 is 0 Å². The Morgan fingerprint density at radius 2 is 2.43 bits per heavy atom. The fourth-order valence-electron chi connectivity index (χ4n) is 1.43. The van der Waals surface area contributed by atoms with E-state index in [0.29, 0.717) is 19.7 Å². The summed E-state index contributed by atoms with van der Waals surface area (Å²) in [7, 11) is 3.64. The predicted octanol–water partition coefficient (Wildman–Crippen LogP) is -1.23. The van der Waals surface area contributed by atoms with Crippen LogP contribution >= 0.6 is 0 Å². The summed E-state index contributed by atoms with van der Waals surface area (Å²) in [6, 6.07) is 0.